The lowest BCUT2D eigenvalue weighted by Gasteiger charge is -2.22. The topological polar surface area (TPSA) is 62.7 Å². The normalized spacial score (nSPS) is 18.8. The molecule has 0 amide bonds. The van der Waals surface area contributed by atoms with Crippen molar-refractivity contribution >= 4 is 11.8 Å². The summed E-state index contributed by atoms with van der Waals surface area (Å²) in [5.74, 6) is 1.92. The van der Waals surface area contributed by atoms with Crippen LogP contribution in [0.2, 0.25) is 0 Å². The van der Waals surface area contributed by atoms with Crippen molar-refractivity contribution in [1.29, 1.82) is 0 Å². The van der Waals surface area contributed by atoms with Gasteiger partial charge in [-0.05, 0) is 44.0 Å². The largest absolute Gasteiger partial charge is 0.316 e. The average molecular weight is 269 g/mol. The van der Waals surface area contributed by atoms with Crippen molar-refractivity contribution in [3.05, 3.63) is 41.9 Å². The van der Waals surface area contributed by atoms with Gasteiger partial charge in [0.25, 0.3) is 0 Å². The quantitative estimate of drug-likeness (QED) is 0.896. The van der Waals surface area contributed by atoms with E-state index in [1.165, 1.54) is 12.8 Å². The second kappa shape index (κ2) is 5.96. The van der Waals surface area contributed by atoms with E-state index in [4.69, 9.17) is 0 Å². The molecular formula is C15H19N5. The van der Waals surface area contributed by atoms with E-state index in [0.29, 0.717) is 11.9 Å². The molecule has 1 saturated heterocycles. The Morgan fingerprint density at radius 1 is 1.25 bits per heavy atom. The van der Waals surface area contributed by atoms with Crippen LogP contribution in [0.1, 0.15) is 30.0 Å². The third kappa shape index (κ3) is 2.93. The first-order valence-corrected chi connectivity index (χ1v) is 7.05. The van der Waals surface area contributed by atoms with Gasteiger partial charge in [-0.3, -0.25) is 0 Å². The molecule has 2 N–H and O–H groups in total. The minimum absolute atomic E-state index is 0.483. The van der Waals surface area contributed by atoms with Crippen molar-refractivity contribution < 1.29 is 0 Å². The van der Waals surface area contributed by atoms with E-state index in [-0.39, 0.29) is 0 Å². The van der Waals surface area contributed by atoms with Crippen LogP contribution in [0.3, 0.4) is 0 Å². The highest BCUT2D eigenvalue weighted by Gasteiger charge is 2.17. The number of piperidine rings is 1. The van der Waals surface area contributed by atoms with Gasteiger partial charge in [0.15, 0.2) is 0 Å². The molecule has 1 fully saturated rings. The van der Waals surface area contributed by atoms with Crippen molar-refractivity contribution in [2.45, 2.75) is 25.7 Å². The third-order valence-electron chi connectivity index (χ3n) is 3.63. The van der Waals surface area contributed by atoms with Gasteiger partial charge in [0.2, 0.25) is 5.95 Å². The van der Waals surface area contributed by atoms with Crippen LogP contribution in [0.15, 0.2) is 30.6 Å². The van der Waals surface area contributed by atoms with Gasteiger partial charge in [0, 0.05) is 24.9 Å². The maximum Gasteiger partial charge on any atom is 0.228 e. The SMILES string of the molecule is Cc1cccnc1Nc1nccc([C@H]2CCCNC2)n1. The van der Waals surface area contributed by atoms with Crippen molar-refractivity contribution in [1.82, 2.24) is 20.3 Å². The van der Waals surface area contributed by atoms with Crippen LogP contribution >= 0.6 is 0 Å². The molecule has 0 aliphatic carbocycles. The molecule has 20 heavy (non-hydrogen) atoms. The highest BCUT2D eigenvalue weighted by atomic mass is 15.1. The van der Waals surface area contributed by atoms with Crippen LogP contribution < -0.4 is 10.6 Å². The first-order chi connectivity index (χ1) is 9.83. The second-order valence-electron chi connectivity index (χ2n) is 5.14. The van der Waals surface area contributed by atoms with Gasteiger partial charge in [-0.25, -0.2) is 15.0 Å². The molecule has 5 nitrogen and oxygen atoms in total. The van der Waals surface area contributed by atoms with Crippen LogP contribution in [0, 0.1) is 6.92 Å². The fraction of sp³-hybridized carbons (Fsp3) is 0.400. The summed E-state index contributed by atoms with van der Waals surface area (Å²) < 4.78 is 0. The Morgan fingerprint density at radius 3 is 3.00 bits per heavy atom. The lowest BCUT2D eigenvalue weighted by atomic mass is 9.96. The molecule has 1 aliphatic rings. The summed E-state index contributed by atoms with van der Waals surface area (Å²) in [6, 6.07) is 5.95. The van der Waals surface area contributed by atoms with E-state index >= 15 is 0 Å². The summed E-state index contributed by atoms with van der Waals surface area (Å²) in [5.41, 5.74) is 2.18. The highest BCUT2D eigenvalue weighted by molar-refractivity contribution is 5.52. The monoisotopic (exact) mass is 269 g/mol. The summed E-state index contributed by atoms with van der Waals surface area (Å²) in [6.07, 6.45) is 5.98. The van der Waals surface area contributed by atoms with Gasteiger partial charge < -0.3 is 10.6 Å². The molecule has 0 unspecified atom stereocenters. The van der Waals surface area contributed by atoms with Gasteiger partial charge in [-0.15, -0.1) is 0 Å². The molecule has 0 spiro atoms. The number of anilines is 2. The third-order valence-corrected chi connectivity index (χ3v) is 3.63. The molecule has 5 heteroatoms. The second-order valence-corrected chi connectivity index (χ2v) is 5.14. The number of hydrogen-bond acceptors (Lipinski definition) is 5. The molecule has 104 valence electrons. The maximum absolute atomic E-state index is 4.63. The predicted octanol–water partition coefficient (Wildman–Crippen LogP) is 2.39. The van der Waals surface area contributed by atoms with Crippen LogP contribution in [0.25, 0.3) is 0 Å². The first-order valence-electron chi connectivity index (χ1n) is 7.05. The molecule has 1 atom stereocenters. The molecule has 2 aromatic heterocycles. The summed E-state index contributed by atoms with van der Waals surface area (Å²) >= 11 is 0. The van der Waals surface area contributed by atoms with Gasteiger partial charge in [-0.1, -0.05) is 6.07 Å². The first kappa shape index (κ1) is 13.0. The molecule has 0 aromatic carbocycles. The number of rotatable bonds is 3. The Morgan fingerprint density at radius 2 is 2.20 bits per heavy atom. The van der Waals surface area contributed by atoms with Gasteiger partial charge >= 0.3 is 0 Å². The van der Waals surface area contributed by atoms with Gasteiger partial charge in [-0.2, -0.15) is 0 Å². The molecular weight excluding hydrogens is 250 g/mol. The zero-order valence-electron chi connectivity index (χ0n) is 11.6. The Balaban J connectivity index is 1.79. The van der Waals surface area contributed by atoms with Crippen molar-refractivity contribution in [3.8, 4) is 0 Å². The average Bonchev–Trinajstić information content (AvgIpc) is 2.51. The number of pyridine rings is 1. The highest BCUT2D eigenvalue weighted by Crippen LogP contribution is 2.22. The lowest BCUT2D eigenvalue weighted by molar-refractivity contribution is 0.454. The maximum atomic E-state index is 4.63. The van der Waals surface area contributed by atoms with E-state index in [2.05, 4.69) is 25.6 Å². The van der Waals surface area contributed by atoms with E-state index in [0.717, 1.165) is 30.2 Å². The smallest absolute Gasteiger partial charge is 0.228 e. The summed E-state index contributed by atoms with van der Waals surface area (Å²) in [4.78, 5) is 13.2. The molecule has 2 aromatic rings. The fourth-order valence-electron chi connectivity index (χ4n) is 2.49. The lowest BCUT2D eigenvalue weighted by Crippen LogP contribution is -2.28. The Kier molecular flexibility index (Phi) is 3.87. The minimum atomic E-state index is 0.483. The predicted molar refractivity (Wildman–Crippen MR) is 79.1 cm³/mol. The van der Waals surface area contributed by atoms with Crippen LogP contribution in [-0.2, 0) is 0 Å². The van der Waals surface area contributed by atoms with Crippen molar-refractivity contribution in [2.24, 2.45) is 0 Å². The van der Waals surface area contributed by atoms with E-state index in [9.17, 15) is 0 Å². The number of nitrogens with zero attached hydrogens (tertiary/aromatic N) is 3. The fourth-order valence-corrected chi connectivity index (χ4v) is 2.49. The van der Waals surface area contributed by atoms with Crippen LogP contribution in [-0.4, -0.2) is 28.0 Å². The summed E-state index contributed by atoms with van der Waals surface area (Å²) in [5, 5.41) is 6.62. The Hall–Kier alpha value is -2.01. The van der Waals surface area contributed by atoms with Crippen molar-refractivity contribution in [2.75, 3.05) is 18.4 Å². The van der Waals surface area contributed by atoms with Crippen LogP contribution in [0.5, 0.6) is 0 Å². The van der Waals surface area contributed by atoms with Gasteiger partial charge in [0.05, 0.1) is 5.69 Å². The van der Waals surface area contributed by atoms with Gasteiger partial charge in [0.1, 0.15) is 5.82 Å². The Bertz CT molecular complexity index is 578. The zero-order valence-corrected chi connectivity index (χ0v) is 11.6. The standard InChI is InChI=1S/C15H19N5/c1-11-4-2-8-17-14(11)20-15-18-9-6-13(19-15)12-5-3-7-16-10-12/h2,4,6,8-9,12,16H,3,5,7,10H2,1H3,(H,17,18,19,20)/t12-/m0/s1. The Labute approximate surface area is 118 Å². The molecule has 0 radical (unpaired) electrons. The van der Waals surface area contributed by atoms with E-state index in [1.807, 2.05) is 31.3 Å². The minimum Gasteiger partial charge on any atom is -0.316 e. The zero-order chi connectivity index (χ0) is 13.8. The van der Waals surface area contributed by atoms with Crippen molar-refractivity contribution in [3.63, 3.8) is 0 Å². The molecule has 3 rings (SSSR count). The number of aromatic nitrogens is 3. The summed E-state index contributed by atoms with van der Waals surface area (Å²) in [7, 11) is 0. The number of hydrogen-bond donors (Lipinski definition) is 2. The molecule has 1 aliphatic heterocycles. The number of nitrogens with one attached hydrogen (secondary N) is 2. The molecule has 0 saturated carbocycles. The summed E-state index contributed by atoms with van der Waals surface area (Å²) in [6.45, 7) is 4.13. The van der Waals surface area contributed by atoms with Crippen LogP contribution in [0.4, 0.5) is 11.8 Å². The molecule has 3 heterocycles. The van der Waals surface area contributed by atoms with E-state index in [1.54, 1.807) is 6.20 Å². The van der Waals surface area contributed by atoms with E-state index < -0.39 is 0 Å². The number of aryl methyl sites for hydroxylation is 1. The molecule has 0 bridgehead atoms.